The molecule has 1 fully saturated rings. The lowest BCUT2D eigenvalue weighted by Crippen LogP contribution is -2.24. The third kappa shape index (κ3) is 2.83. The zero-order valence-electron chi connectivity index (χ0n) is 11.9. The van der Waals surface area contributed by atoms with Crippen LogP contribution in [0.5, 0.6) is 11.5 Å². The maximum atomic E-state index is 12.7. The van der Waals surface area contributed by atoms with Gasteiger partial charge in [0.15, 0.2) is 5.78 Å². The van der Waals surface area contributed by atoms with E-state index in [0.717, 1.165) is 17.3 Å². The van der Waals surface area contributed by atoms with Gasteiger partial charge in [-0.3, -0.25) is 4.79 Å². The molecule has 0 aliphatic carbocycles. The molecule has 1 aliphatic rings. The highest BCUT2D eigenvalue weighted by Gasteiger charge is 2.34. The van der Waals surface area contributed by atoms with E-state index in [-0.39, 0.29) is 17.8 Å². The maximum absolute atomic E-state index is 12.7. The van der Waals surface area contributed by atoms with E-state index in [2.05, 4.69) is 15.9 Å². The van der Waals surface area contributed by atoms with Crippen LogP contribution in [0.3, 0.4) is 0 Å². The summed E-state index contributed by atoms with van der Waals surface area (Å²) in [7, 11) is 3.14. The number of methoxy groups -OCH3 is 2. The average Bonchev–Trinajstić information content (AvgIpc) is 2.94. The molecule has 110 valence electrons. The molecule has 1 aromatic carbocycles. The van der Waals surface area contributed by atoms with Crippen LogP contribution in [0.15, 0.2) is 16.6 Å². The fourth-order valence-electron chi connectivity index (χ4n) is 2.60. The second-order valence-electron chi connectivity index (χ2n) is 4.76. The lowest BCUT2D eigenvalue weighted by molar-refractivity contribution is 0.0686. The SMILES string of the molecule is CCC1OCCC1C(=O)c1cc(OC)c(Br)cc1OC. The minimum absolute atomic E-state index is 0.00171. The molecule has 0 saturated carbocycles. The van der Waals surface area contributed by atoms with E-state index >= 15 is 0 Å². The Labute approximate surface area is 127 Å². The number of Topliss-reactive ketones (excluding diaryl/α,β-unsaturated/α-hetero) is 1. The number of rotatable bonds is 5. The lowest BCUT2D eigenvalue weighted by Gasteiger charge is -2.18. The minimum atomic E-state index is -0.0974. The van der Waals surface area contributed by atoms with Gasteiger partial charge in [0.2, 0.25) is 0 Å². The van der Waals surface area contributed by atoms with Gasteiger partial charge in [0.05, 0.1) is 36.3 Å². The van der Waals surface area contributed by atoms with Gasteiger partial charge in [0.25, 0.3) is 0 Å². The number of carbonyl (C=O) groups excluding carboxylic acids is 1. The van der Waals surface area contributed by atoms with E-state index < -0.39 is 0 Å². The summed E-state index contributed by atoms with van der Waals surface area (Å²) in [6.07, 6.45) is 1.60. The predicted octanol–water partition coefficient (Wildman–Crippen LogP) is 3.46. The second-order valence-corrected chi connectivity index (χ2v) is 5.62. The van der Waals surface area contributed by atoms with Gasteiger partial charge in [-0.15, -0.1) is 0 Å². The maximum Gasteiger partial charge on any atom is 0.172 e. The number of ketones is 1. The van der Waals surface area contributed by atoms with Crippen LogP contribution in [0.2, 0.25) is 0 Å². The fourth-order valence-corrected chi connectivity index (χ4v) is 3.09. The number of halogens is 1. The van der Waals surface area contributed by atoms with Crippen molar-refractivity contribution in [2.45, 2.75) is 25.9 Å². The van der Waals surface area contributed by atoms with Crippen molar-refractivity contribution < 1.29 is 19.0 Å². The number of hydrogen-bond donors (Lipinski definition) is 0. The molecule has 4 nitrogen and oxygen atoms in total. The van der Waals surface area contributed by atoms with E-state index in [1.54, 1.807) is 26.4 Å². The zero-order valence-corrected chi connectivity index (χ0v) is 13.5. The first-order valence-corrected chi connectivity index (χ1v) is 7.49. The fraction of sp³-hybridized carbons (Fsp3) is 0.533. The van der Waals surface area contributed by atoms with Gasteiger partial charge < -0.3 is 14.2 Å². The Balaban J connectivity index is 2.37. The summed E-state index contributed by atoms with van der Waals surface area (Å²) < 4.78 is 17.0. The van der Waals surface area contributed by atoms with Crippen LogP contribution in [0.4, 0.5) is 0 Å². The standard InChI is InChI=1S/C15H19BrO4/c1-4-12-9(5-6-20-12)15(17)10-7-14(19-3)11(16)8-13(10)18-2/h7-9,12H,4-6H2,1-3H3. The highest BCUT2D eigenvalue weighted by atomic mass is 79.9. The molecule has 0 spiro atoms. The molecule has 1 heterocycles. The number of carbonyl (C=O) groups is 1. The summed E-state index contributed by atoms with van der Waals surface area (Å²) in [6, 6.07) is 3.50. The smallest absolute Gasteiger partial charge is 0.172 e. The molecule has 1 saturated heterocycles. The molecule has 0 aromatic heterocycles. The van der Waals surface area contributed by atoms with Gasteiger partial charge in [-0.05, 0) is 40.9 Å². The van der Waals surface area contributed by atoms with Crippen LogP contribution < -0.4 is 9.47 Å². The van der Waals surface area contributed by atoms with Crippen molar-refractivity contribution in [3.05, 3.63) is 22.2 Å². The van der Waals surface area contributed by atoms with E-state index in [1.807, 2.05) is 6.92 Å². The summed E-state index contributed by atoms with van der Waals surface area (Å²) in [6.45, 7) is 2.68. The van der Waals surface area contributed by atoms with Crippen molar-refractivity contribution in [2.24, 2.45) is 5.92 Å². The number of hydrogen-bond acceptors (Lipinski definition) is 4. The van der Waals surface area contributed by atoms with Gasteiger partial charge in [-0.2, -0.15) is 0 Å². The first kappa shape index (κ1) is 15.3. The Morgan fingerprint density at radius 2 is 2.05 bits per heavy atom. The van der Waals surface area contributed by atoms with Gasteiger partial charge in [0, 0.05) is 6.61 Å². The molecule has 0 N–H and O–H groups in total. The Hall–Kier alpha value is -1.07. The van der Waals surface area contributed by atoms with Crippen LogP contribution >= 0.6 is 15.9 Å². The molecule has 0 bridgehead atoms. The normalized spacial score (nSPS) is 21.8. The van der Waals surface area contributed by atoms with E-state index in [9.17, 15) is 4.79 Å². The lowest BCUT2D eigenvalue weighted by atomic mass is 9.90. The first-order chi connectivity index (χ1) is 9.62. The quantitative estimate of drug-likeness (QED) is 0.768. The zero-order chi connectivity index (χ0) is 14.7. The number of ether oxygens (including phenoxy) is 3. The van der Waals surface area contributed by atoms with Gasteiger partial charge in [-0.1, -0.05) is 6.92 Å². The monoisotopic (exact) mass is 342 g/mol. The Bertz CT molecular complexity index is 501. The summed E-state index contributed by atoms with van der Waals surface area (Å²) >= 11 is 3.40. The Morgan fingerprint density at radius 1 is 1.35 bits per heavy atom. The molecule has 1 aromatic rings. The number of benzene rings is 1. The molecular formula is C15H19BrO4. The molecule has 2 atom stereocenters. The molecule has 1 aliphatic heterocycles. The molecule has 0 radical (unpaired) electrons. The summed E-state index contributed by atoms with van der Waals surface area (Å²) in [5, 5.41) is 0. The van der Waals surface area contributed by atoms with Crippen LogP contribution in [-0.2, 0) is 4.74 Å². The van der Waals surface area contributed by atoms with Gasteiger partial charge >= 0.3 is 0 Å². The highest BCUT2D eigenvalue weighted by molar-refractivity contribution is 9.10. The molecule has 5 heteroatoms. The first-order valence-electron chi connectivity index (χ1n) is 6.69. The molecule has 0 amide bonds. The third-order valence-corrected chi connectivity index (χ3v) is 4.31. The van der Waals surface area contributed by atoms with Gasteiger partial charge in [0.1, 0.15) is 11.5 Å². The van der Waals surface area contributed by atoms with Crippen LogP contribution in [-0.4, -0.2) is 32.7 Å². The molecule has 2 rings (SSSR count). The average molecular weight is 343 g/mol. The largest absolute Gasteiger partial charge is 0.496 e. The molecular weight excluding hydrogens is 324 g/mol. The summed E-state index contributed by atoms with van der Waals surface area (Å²) in [4.78, 5) is 12.7. The molecule has 20 heavy (non-hydrogen) atoms. The van der Waals surface area contributed by atoms with Crippen LogP contribution in [0.25, 0.3) is 0 Å². The second kappa shape index (κ2) is 6.59. The van der Waals surface area contributed by atoms with Crippen LogP contribution in [0, 0.1) is 5.92 Å². The molecule has 2 unspecified atom stereocenters. The third-order valence-electron chi connectivity index (χ3n) is 3.69. The summed E-state index contributed by atoms with van der Waals surface area (Å²) in [5.41, 5.74) is 0.557. The van der Waals surface area contributed by atoms with Crippen molar-refractivity contribution in [3.8, 4) is 11.5 Å². The van der Waals surface area contributed by atoms with Crippen LogP contribution in [0.1, 0.15) is 30.1 Å². The Kier molecular flexibility index (Phi) is 5.05. The van der Waals surface area contributed by atoms with Crippen molar-refractivity contribution in [2.75, 3.05) is 20.8 Å². The van der Waals surface area contributed by atoms with E-state index in [4.69, 9.17) is 14.2 Å². The predicted molar refractivity (Wildman–Crippen MR) is 79.7 cm³/mol. The van der Waals surface area contributed by atoms with Crippen molar-refractivity contribution >= 4 is 21.7 Å². The van der Waals surface area contributed by atoms with Crippen molar-refractivity contribution in [1.82, 2.24) is 0 Å². The Morgan fingerprint density at radius 3 is 2.65 bits per heavy atom. The van der Waals surface area contributed by atoms with Gasteiger partial charge in [-0.25, -0.2) is 0 Å². The van der Waals surface area contributed by atoms with Crippen molar-refractivity contribution in [1.29, 1.82) is 0 Å². The highest BCUT2D eigenvalue weighted by Crippen LogP contribution is 2.36. The summed E-state index contributed by atoms with van der Waals surface area (Å²) in [5.74, 6) is 1.15. The van der Waals surface area contributed by atoms with E-state index in [0.29, 0.717) is 23.7 Å². The van der Waals surface area contributed by atoms with Crippen molar-refractivity contribution in [3.63, 3.8) is 0 Å². The topological polar surface area (TPSA) is 44.8 Å². The minimum Gasteiger partial charge on any atom is -0.496 e. The van der Waals surface area contributed by atoms with E-state index in [1.165, 1.54) is 0 Å².